The smallest absolute Gasteiger partial charge is 0.236 e. The molecule has 1 fully saturated rings. The maximum atomic E-state index is 12.8. The maximum Gasteiger partial charge on any atom is 0.236 e. The minimum Gasteiger partial charge on any atom is -0.325 e. The lowest BCUT2D eigenvalue weighted by Crippen LogP contribution is -2.28. The zero-order valence-corrected chi connectivity index (χ0v) is 12.2. The zero-order chi connectivity index (χ0) is 14.4. The van der Waals surface area contributed by atoms with Crippen molar-refractivity contribution in [1.82, 2.24) is 0 Å². The van der Waals surface area contributed by atoms with Gasteiger partial charge in [0.2, 0.25) is 5.91 Å². The summed E-state index contributed by atoms with van der Waals surface area (Å²) in [7, 11) is 0. The van der Waals surface area contributed by atoms with Gasteiger partial charge in [0.05, 0.1) is 5.41 Å². The minimum atomic E-state index is -0.331. The van der Waals surface area contributed by atoms with Crippen molar-refractivity contribution in [3.63, 3.8) is 0 Å². The SMILES string of the molecule is Cc1ccc2c(c1)C1(C(=O)N2)C2c3ccccc3CC21C. The molecule has 0 aromatic heterocycles. The highest BCUT2D eigenvalue weighted by molar-refractivity contribution is 6.11. The molecule has 3 atom stereocenters. The topological polar surface area (TPSA) is 29.1 Å². The summed E-state index contributed by atoms with van der Waals surface area (Å²) >= 11 is 0. The first kappa shape index (κ1) is 11.6. The number of benzene rings is 2. The summed E-state index contributed by atoms with van der Waals surface area (Å²) in [6.07, 6.45) is 1.01. The van der Waals surface area contributed by atoms with E-state index in [0.29, 0.717) is 5.92 Å². The number of hydrogen-bond acceptors (Lipinski definition) is 1. The highest BCUT2D eigenvalue weighted by Gasteiger charge is 2.82. The molecule has 2 aromatic rings. The molecule has 2 heteroatoms. The number of carbonyl (C=O) groups excluding carboxylic acids is 1. The third-order valence-corrected chi connectivity index (χ3v) is 6.02. The second kappa shape index (κ2) is 3.22. The van der Waals surface area contributed by atoms with Crippen LogP contribution in [0.3, 0.4) is 0 Å². The Labute approximate surface area is 124 Å². The fourth-order valence-electron chi connectivity index (χ4n) is 5.16. The Balaban J connectivity index is 1.77. The predicted molar refractivity (Wildman–Crippen MR) is 82.5 cm³/mol. The monoisotopic (exact) mass is 275 g/mol. The Bertz CT molecular complexity index is 824. The normalized spacial score (nSPS) is 34.4. The van der Waals surface area contributed by atoms with Gasteiger partial charge in [0.15, 0.2) is 0 Å². The number of nitrogens with one attached hydrogen (secondary N) is 1. The van der Waals surface area contributed by atoms with Crippen LogP contribution in [-0.4, -0.2) is 5.91 Å². The molecule has 1 spiro atoms. The standard InChI is InChI=1S/C19H17NO/c1-11-7-8-15-14(9-11)19(17(21)20-15)16-13-6-4-3-5-12(13)10-18(16,19)2/h3-9,16H,10H2,1-2H3,(H,20,21). The molecule has 1 amide bonds. The van der Waals surface area contributed by atoms with Crippen LogP contribution in [0, 0.1) is 12.3 Å². The van der Waals surface area contributed by atoms with Crippen molar-refractivity contribution in [2.24, 2.45) is 5.41 Å². The summed E-state index contributed by atoms with van der Waals surface area (Å²) in [6, 6.07) is 15.0. The van der Waals surface area contributed by atoms with E-state index in [1.54, 1.807) is 0 Å². The molecule has 1 aliphatic heterocycles. The Morgan fingerprint density at radius 3 is 2.86 bits per heavy atom. The summed E-state index contributed by atoms with van der Waals surface area (Å²) in [6.45, 7) is 4.39. The Kier molecular flexibility index (Phi) is 1.77. The van der Waals surface area contributed by atoms with Crippen molar-refractivity contribution in [3.8, 4) is 0 Å². The second-order valence-corrected chi connectivity index (χ2v) is 7.04. The van der Waals surface area contributed by atoms with Crippen molar-refractivity contribution < 1.29 is 4.79 Å². The first-order valence-electron chi connectivity index (χ1n) is 7.59. The summed E-state index contributed by atoms with van der Waals surface area (Å²) < 4.78 is 0. The number of rotatable bonds is 0. The molecule has 2 aromatic carbocycles. The molecule has 0 bridgehead atoms. The molecule has 21 heavy (non-hydrogen) atoms. The molecule has 3 aliphatic rings. The third kappa shape index (κ3) is 1.04. The van der Waals surface area contributed by atoms with Gasteiger partial charge in [0, 0.05) is 11.6 Å². The van der Waals surface area contributed by atoms with Crippen LogP contribution in [0.5, 0.6) is 0 Å². The molecule has 2 aliphatic carbocycles. The van der Waals surface area contributed by atoms with Gasteiger partial charge in [0.1, 0.15) is 0 Å². The van der Waals surface area contributed by atoms with Crippen molar-refractivity contribution >= 4 is 11.6 Å². The lowest BCUT2D eigenvalue weighted by Gasteiger charge is -2.19. The van der Waals surface area contributed by atoms with Crippen molar-refractivity contribution in [1.29, 1.82) is 0 Å². The molecule has 3 unspecified atom stereocenters. The predicted octanol–water partition coefficient (Wildman–Crippen LogP) is 3.54. The van der Waals surface area contributed by atoms with Crippen LogP contribution in [0.25, 0.3) is 0 Å². The largest absolute Gasteiger partial charge is 0.325 e. The Morgan fingerprint density at radius 1 is 1.19 bits per heavy atom. The van der Waals surface area contributed by atoms with E-state index in [1.165, 1.54) is 22.3 Å². The van der Waals surface area contributed by atoms with E-state index in [0.717, 1.165) is 12.1 Å². The van der Waals surface area contributed by atoms with Gasteiger partial charge >= 0.3 is 0 Å². The van der Waals surface area contributed by atoms with Crippen molar-refractivity contribution in [2.75, 3.05) is 5.32 Å². The van der Waals surface area contributed by atoms with E-state index in [-0.39, 0.29) is 16.7 Å². The lowest BCUT2D eigenvalue weighted by molar-refractivity contribution is -0.118. The second-order valence-electron chi connectivity index (χ2n) is 7.04. The minimum absolute atomic E-state index is 0.0415. The van der Waals surface area contributed by atoms with Crippen LogP contribution in [0.4, 0.5) is 5.69 Å². The molecule has 1 saturated carbocycles. The summed E-state index contributed by atoms with van der Waals surface area (Å²) in [5.74, 6) is 0.536. The van der Waals surface area contributed by atoms with Gasteiger partial charge in [-0.2, -0.15) is 0 Å². The molecule has 2 nitrogen and oxygen atoms in total. The molecule has 1 heterocycles. The van der Waals surface area contributed by atoms with Crippen LogP contribution in [0.1, 0.15) is 35.1 Å². The fraction of sp³-hybridized carbons (Fsp3) is 0.316. The fourth-order valence-corrected chi connectivity index (χ4v) is 5.16. The summed E-state index contributed by atoms with van der Waals surface area (Å²) in [4.78, 5) is 12.8. The van der Waals surface area contributed by atoms with Gasteiger partial charge in [-0.3, -0.25) is 4.79 Å². The van der Waals surface area contributed by atoms with Gasteiger partial charge in [-0.1, -0.05) is 48.9 Å². The highest BCUT2D eigenvalue weighted by atomic mass is 16.2. The van der Waals surface area contributed by atoms with Gasteiger partial charge in [-0.05, 0) is 41.5 Å². The number of aryl methyl sites for hydroxylation is 1. The quantitative estimate of drug-likeness (QED) is 0.782. The average Bonchev–Trinajstić information content (AvgIpc) is 2.70. The number of carbonyl (C=O) groups is 1. The van der Waals surface area contributed by atoms with Gasteiger partial charge in [0.25, 0.3) is 0 Å². The van der Waals surface area contributed by atoms with Crippen LogP contribution in [-0.2, 0) is 16.6 Å². The molecule has 1 N–H and O–H groups in total. The highest BCUT2D eigenvalue weighted by Crippen LogP contribution is 2.81. The Hall–Kier alpha value is -2.09. The lowest BCUT2D eigenvalue weighted by atomic mass is 9.81. The Morgan fingerprint density at radius 2 is 2.00 bits per heavy atom. The van der Waals surface area contributed by atoms with Crippen LogP contribution in [0.15, 0.2) is 42.5 Å². The molecule has 0 saturated heterocycles. The first-order valence-corrected chi connectivity index (χ1v) is 7.59. The summed E-state index contributed by atoms with van der Waals surface area (Å²) in [5.41, 5.74) is 5.97. The van der Waals surface area contributed by atoms with E-state index in [1.807, 2.05) is 0 Å². The van der Waals surface area contributed by atoms with E-state index in [4.69, 9.17) is 0 Å². The molecular weight excluding hydrogens is 258 g/mol. The van der Waals surface area contributed by atoms with Gasteiger partial charge < -0.3 is 5.32 Å². The zero-order valence-electron chi connectivity index (χ0n) is 12.2. The first-order chi connectivity index (χ1) is 10.1. The van der Waals surface area contributed by atoms with E-state index in [2.05, 4.69) is 61.6 Å². The number of anilines is 1. The van der Waals surface area contributed by atoms with Gasteiger partial charge in [-0.15, -0.1) is 0 Å². The number of fused-ring (bicyclic) bond motifs is 7. The van der Waals surface area contributed by atoms with Crippen molar-refractivity contribution in [3.05, 3.63) is 64.7 Å². The number of hydrogen-bond donors (Lipinski definition) is 1. The average molecular weight is 275 g/mol. The van der Waals surface area contributed by atoms with E-state index >= 15 is 0 Å². The molecule has 0 radical (unpaired) electrons. The maximum absolute atomic E-state index is 12.8. The van der Waals surface area contributed by atoms with Crippen LogP contribution < -0.4 is 5.32 Å². The summed E-state index contributed by atoms with van der Waals surface area (Å²) in [5, 5.41) is 3.12. The van der Waals surface area contributed by atoms with Gasteiger partial charge in [-0.25, -0.2) is 0 Å². The third-order valence-electron chi connectivity index (χ3n) is 6.02. The van der Waals surface area contributed by atoms with Crippen LogP contribution in [0.2, 0.25) is 0 Å². The van der Waals surface area contributed by atoms with Crippen LogP contribution >= 0.6 is 0 Å². The van der Waals surface area contributed by atoms with E-state index < -0.39 is 0 Å². The molecular formula is C19H17NO. The molecule has 104 valence electrons. The van der Waals surface area contributed by atoms with Crippen molar-refractivity contribution in [2.45, 2.75) is 31.6 Å². The number of amides is 1. The van der Waals surface area contributed by atoms with E-state index in [9.17, 15) is 4.79 Å². The molecule has 5 rings (SSSR count).